The van der Waals surface area contributed by atoms with Crippen LogP contribution in [0, 0.1) is 20.8 Å². The number of carbonyl (C=O) groups excluding carboxylic acids is 1. The van der Waals surface area contributed by atoms with Crippen LogP contribution >= 0.6 is 11.6 Å². The summed E-state index contributed by atoms with van der Waals surface area (Å²) in [6.45, 7) is 5.68. The highest BCUT2D eigenvalue weighted by molar-refractivity contribution is 6.31. The van der Waals surface area contributed by atoms with Crippen molar-refractivity contribution in [3.8, 4) is 0 Å². The first-order valence-corrected chi connectivity index (χ1v) is 6.37. The Bertz CT molecular complexity index is 618. The monoisotopic (exact) mass is 274 g/mol. The van der Waals surface area contributed by atoms with Gasteiger partial charge in [-0.2, -0.15) is 0 Å². The molecule has 1 N–H and O–H groups in total. The number of halogens is 1. The molecule has 4 heteroatoms. The molecule has 0 spiro atoms. The first-order chi connectivity index (χ1) is 8.97. The van der Waals surface area contributed by atoms with Gasteiger partial charge in [-0.25, -0.2) is 4.98 Å². The molecule has 0 bridgehead atoms. The molecule has 19 heavy (non-hydrogen) atoms. The molecule has 0 saturated heterocycles. The molecule has 1 aromatic carbocycles. The lowest BCUT2D eigenvalue weighted by Gasteiger charge is -2.09. The van der Waals surface area contributed by atoms with Crippen molar-refractivity contribution in [1.82, 2.24) is 4.98 Å². The van der Waals surface area contributed by atoms with Crippen LogP contribution in [0.15, 0.2) is 30.3 Å². The smallest absolute Gasteiger partial charge is 0.274 e. The van der Waals surface area contributed by atoms with Gasteiger partial charge in [0.15, 0.2) is 0 Å². The molecule has 0 saturated carbocycles. The molecule has 1 heterocycles. The van der Waals surface area contributed by atoms with Crippen LogP contribution in [0.4, 0.5) is 5.69 Å². The van der Waals surface area contributed by atoms with Gasteiger partial charge in [0.2, 0.25) is 0 Å². The van der Waals surface area contributed by atoms with Crippen molar-refractivity contribution in [2.24, 2.45) is 0 Å². The van der Waals surface area contributed by atoms with Crippen LogP contribution in [-0.2, 0) is 0 Å². The number of anilines is 1. The van der Waals surface area contributed by atoms with Crippen molar-refractivity contribution >= 4 is 23.2 Å². The van der Waals surface area contributed by atoms with Crippen LogP contribution in [0.25, 0.3) is 0 Å². The fraction of sp³-hybridized carbons (Fsp3) is 0.200. The third-order valence-corrected chi connectivity index (χ3v) is 3.26. The van der Waals surface area contributed by atoms with E-state index in [1.54, 1.807) is 18.2 Å². The topological polar surface area (TPSA) is 42.0 Å². The van der Waals surface area contributed by atoms with E-state index in [0.29, 0.717) is 16.4 Å². The third kappa shape index (κ3) is 3.12. The largest absolute Gasteiger partial charge is 0.320 e. The number of hydrogen-bond donors (Lipinski definition) is 1. The van der Waals surface area contributed by atoms with E-state index in [1.807, 2.05) is 32.9 Å². The molecule has 0 unspecified atom stereocenters. The lowest BCUT2D eigenvalue weighted by molar-refractivity contribution is 0.102. The Morgan fingerprint density at radius 3 is 2.63 bits per heavy atom. The summed E-state index contributed by atoms with van der Waals surface area (Å²) >= 11 is 6.03. The summed E-state index contributed by atoms with van der Waals surface area (Å²) in [4.78, 5) is 16.4. The molecule has 1 amide bonds. The summed E-state index contributed by atoms with van der Waals surface area (Å²) in [5.74, 6) is -0.225. The lowest BCUT2D eigenvalue weighted by atomic mass is 10.2. The number of nitrogens with one attached hydrogen (secondary N) is 1. The second-order valence-electron chi connectivity index (χ2n) is 4.54. The molecule has 3 nitrogen and oxygen atoms in total. The fourth-order valence-corrected chi connectivity index (χ4v) is 2.06. The first-order valence-electron chi connectivity index (χ1n) is 5.99. The van der Waals surface area contributed by atoms with Gasteiger partial charge in [0.1, 0.15) is 5.69 Å². The first kappa shape index (κ1) is 13.6. The summed E-state index contributed by atoms with van der Waals surface area (Å²) in [6, 6.07) is 9.12. The average Bonchev–Trinajstić information content (AvgIpc) is 2.33. The summed E-state index contributed by atoms with van der Waals surface area (Å²) in [5, 5.41) is 3.47. The molecule has 0 aliphatic carbocycles. The van der Waals surface area contributed by atoms with E-state index in [4.69, 9.17) is 11.6 Å². The van der Waals surface area contributed by atoms with E-state index in [0.717, 1.165) is 16.8 Å². The van der Waals surface area contributed by atoms with Gasteiger partial charge < -0.3 is 5.32 Å². The molecular weight excluding hydrogens is 260 g/mol. The van der Waals surface area contributed by atoms with Gasteiger partial charge in [-0.15, -0.1) is 0 Å². The van der Waals surface area contributed by atoms with Crippen molar-refractivity contribution < 1.29 is 4.79 Å². The van der Waals surface area contributed by atoms with Gasteiger partial charge in [0.25, 0.3) is 5.91 Å². The predicted molar refractivity (Wildman–Crippen MR) is 77.9 cm³/mol. The highest BCUT2D eigenvalue weighted by atomic mass is 35.5. The highest BCUT2D eigenvalue weighted by Crippen LogP contribution is 2.23. The van der Waals surface area contributed by atoms with Crippen LogP contribution in [0.1, 0.15) is 27.3 Å². The summed E-state index contributed by atoms with van der Waals surface area (Å²) in [5.41, 5.74) is 3.81. The van der Waals surface area contributed by atoms with Gasteiger partial charge in [-0.05, 0) is 56.2 Å². The number of nitrogens with zero attached hydrogens (tertiary/aromatic N) is 1. The van der Waals surface area contributed by atoms with Crippen molar-refractivity contribution in [1.29, 1.82) is 0 Å². The number of rotatable bonds is 2. The Morgan fingerprint density at radius 1 is 1.21 bits per heavy atom. The standard InChI is InChI=1S/C15H15ClN2O/c1-9-7-10(2)17-14(8-9)15(19)18-13-6-4-5-12(16)11(13)3/h4-8H,1-3H3,(H,18,19). The van der Waals surface area contributed by atoms with Gasteiger partial charge in [0, 0.05) is 16.4 Å². The summed E-state index contributed by atoms with van der Waals surface area (Å²) in [7, 11) is 0. The van der Waals surface area contributed by atoms with E-state index >= 15 is 0 Å². The second-order valence-corrected chi connectivity index (χ2v) is 4.94. The maximum atomic E-state index is 12.2. The number of aromatic nitrogens is 1. The predicted octanol–water partition coefficient (Wildman–Crippen LogP) is 3.91. The molecule has 2 rings (SSSR count). The fourth-order valence-electron chi connectivity index (χ4n) is 1.89. The molecule has 0 aliphatic rings. The molecule has 0 aliphatic heterocycles. The van der Waals surface area contributed by atoms with E-state index in [2.05, 4.69) is 10.3 Å². The summed E-state index contributed by atoms with van der Waals surface area (Å²) in [6.07, 6.45) is 0. The van der Waals surface area contributed by atoms with Crippen LogP contribution in [-0.4, -0.2) is 10.9 Å². The Hall–Kier alpha value is -1.87. The molecule has 0 radical (unpaired) electrons. The SMILES string of the molecule is Cc1cc(C)nc(C(=O)Nc2cccc(Cl)c2C)c1. The summed E-state index contributed by atoms with van der Waals surface area (Å²) < 4.78 is 0. The van der Waals surface area contributed by atoms with Crippen molar-refractivity contribution in [3.05, 3.63) is 57.9 Å². The number of hydrogen-bond acceptors (Lipinski definition) is 2. The van der Waals surface area contributed by atoms with Gasteiger partial charge in [-0.1, -0.05) is 17.7 Å². The van der Waals surface area contributed by atoms with Crippen LogP contribution in [0.5, 0.6) is 0 Å². The van der Waals surface area contributed by atoms with E-state index in [-0.39, 0.29) is 5.91 Å². The van der Waals surface area contributed by atoms with Gasteiger partial charge >= 0.3 is 0 Å². The maximum Gasteiger partial charge on any atom is 0.274 e. The van der Waals surface area contributed by atoms with Crippen molar-refractivity contribution in [2.45, 2.75) is 20.8 Å². The lowest BCUT2D eigenvalue weighted by Crippen LogP contribution is -2.15. The van der Waals surface area contributed by atoms with Crippen molar-refractivity contribution in [3.63, 3.8) is 0 Å². The molecule has 1 aromatic heterocycles. The van der Waals surface area contributed by atoms with Gasteiger partial charge in [-0.3, -0.25) is 4.79 Å². The molecular formula is C15H15ClN2O. The number of pyridine rings is 1. The van der Waals surface area contributed by atoms with Crippen molar-refractivity contribution in [2.75, 3.05) is 5.32 Å². The van der Waals surface area contributed by atoms with Crippen LogP contribution in [0.3, 0.4) is 0 Å². The number of amides is 1. The van der Waals surface area contributed by atoms with Crippen LogP contribution < -0.4 is 5.32 Å². The Balaban J connectivity index is 2.28. The zero-order valence-electron chi connectivity index (χ0n) is 11.1. The minimum absolute atomic E-state index is 0.225. The minimum Gasteiger partial charge on any atom is -0.320 e. The molecule has 0 atom stereocenters. The zero-order valence-corrected chi connectivity index (χ0v) is 11.9. The maximum absolute atomic E-state index is 12.2. The molecule has 0 fully saturated rings. The molecule has 98 valence electrons. The quantitative estimate of drug-likeness (QED) is 0.902. The zero-order chi connectivity index (χ0) is 14.0. The number of carbonyl (C=O) groups is 1. The molecule has 2 aromatic rings. The highest BCUT2D eigenvalue weighted by Gasteiger charge is 2.11. The Labute approximate surface area is 117 Å². The second kappa shape index (κ2) is 5.41. The Kier molecular flexibility index (Phi) is 3.86. The Morgan fingerprint density at radius 2 is 1.95 bits per heavy atom. The van der Waals surface area contributed by atoms with E-state index < -0.39 is 0 Å². The number of benzene rings is 1. The van der Waals surface area contributed by atoms with E-state index in [9.17, 15) is 4.79 Å². The van der Waals surface area contributed by atoms with E-state index in [1.165, 1.54) is 0 Å². The minimum atomic E-state index is -0.225. The third-order valence-electron chi connectivity index (χ3n) is 2.85. The normalized spacial score (nSPS) is 10.3. The number of aryl methyl sites for hydroxylation is 2. The van der Waals surface area contributed by atoms with Gasteiger partial charge in [0.05, 0.1) is 0 Å². The van der Waals surface area contributed by atoms with Crippen LogP contribution in [0.2, 0.25) is 5.02 Å². The average molecular weight is 275 g/mol.